The summed E-state index contributed by atoms with van der Waals surface area (Å²) < 4.78 is 30.8. The molecule has 0 unspecified atom stereocenters. The third kappa shape index (κ3) is 7.19. The molecule has 0 saturated carbocycles. The summed E-state index contributed by atoms with van der Waals surface area (Å²) in [5.74, 6) is 0. The maximum atomic E-state index is 12.2. The van der Waals surface area contributed by atoms with Gasteiger partial charge in [-0.3, -0.25) is 23.5 Å². The van der Waals surface area contributed by atoms with Crippen LogP contribution in [0.15, 0.2) is 59.7 Å². The molecule has 2 N–H and O–H groups in total. The van der Waals surface area contributed by atoms with Gasteiger partial charge in [0.15, 0.2) is 5.43 Å². The normalized spacial score (nSPS) is 15.5. The smallest absolute Gasteiger partial charge is 0.360 e. The number of pyridine rings is 3. The van der Waals surface area contributed by atoms with Crippen molar-refractivity contribution in [3.05, 3.63) is 65.1 Å². The minimum Gasteiger partial charge on any atom is -0.360 e. The van der Waals surface area contributed by atoms with Crippen molar-refractivity contribution in [3.63, 3.8) is 0 Å². The van der Waals surface area contributed by atoms with Gasteiger partial charge >= 0.3 is 10.4 Å². The summed E-state index contributed by atoms with van der Waals surface area (Å²) in [6.07, 6.45) is 3.53. The fraction of sp³-hybridized carbons (Fsp3) is 0.318. The second-order valence-electron chi connectivity index (χ2n) is 8.22. The first-order chi connectivity index (χ1) is 15.6. The average molecular weight is 475 g/mol. The van der Waals surface area contributed by atoms with Crippen LogP contribution in [0.2, 0.25) is 0 Å². The molecule has 4 rings (SSSR count). The molecule has 0 amide bonds. The van der Waals surface area contributed by atoms with Crippen LogP contribution in [0.3, 0.4) is 0 Å². The molecule has 0 spiro atoms. The molecule has 3 aromatic rings. The van der Waals surface area contributed by atoms with Gasteiger partial charge in [0, 0.05) is 30.2 Å². The number of hydrogen-bond acceptors (Lipinski definition) is 7. The number of anilines is 1. The van der Waals surface area contributed by atoms with Gasteiger partial charge in [0.25, 0.3) is 0 Å². The number of piperazine rings is 1. The van der Waals surface area contributed by atoms with Gasteiger partial charge in [0.05, 0.1) is 70.2 Å². The number of aromatic nitrogens is 3. The van der Waals surface area contributed by atoms with E-state index < -0.39 is 10.4 Å². The predicted molar refractivity (Wildman–Crippen MR) is 126 cm³/mol. The van der Waals surface area contributed by atoms with Crippen LogP contribution in [0.1, 0.15) is 0 Å². The predicted octanol–water partition coefficient (Wildman–Crippen LogP) is 1.83. The van der Waals surface area contributed by atoms with Crippen LogP contribution in [0.5, 0.6) is 0 Å². The van der Waals surface area contributed by atoms with Crippen LogP contribution in [0.25, 0.3) is 22.8 Å². The van der Waals surface area contributed by atoms with E-state index in [-0.39, 0.29) is 5.43 Å². The van der Waals surface area contributed by atoms with Crippen LogP contribution in [0.4, 0.5) is 5.69 Å². The fourth-order valence-corrected chi connectivity index (χ4v) is 3.37. The highest BCUT2D eigenvalue weighted by Crippen LogP contribution is 2.24. The minimum atomic E-state index is -4.16. The Labute approximate surface area is 193 Å². The quantitative estimate of drug-likeness (QED) is 0.433. The minimum absolute atomic E-state index is 0.0615. The summed E-state index contributed by atoms with van der Waals surface area (Å²) >= 11 is 0. The number of H-pyrrole nitrogens is 1. The van der Waals surface area contributed by atoms with Crippen LogP contribution < -0.4 is 10.3 Å². The Kier molecular flexibility index (Phi) is 7.59. The molecular formula is C22H28N5O5S+. The Balaban J connectivity index is 0.000000454. The van der Waals surface area contributed by atoms with E-state index in [4.69, 9.17) is 4.55 Å². The molecule has 1 saturated heterocycles. The molecular weight excluding hydrogens is 446 g/mol. The van der Waals surface area contributed by atoms with Gasteiger partial charge < -0.3 is 14.4 Å². The summed E-state index contributed by atoms with van der Waals surface area (Å²) in [6, 6.07) is 12.9. The standard InChI is InChI=1S/C21H23N5O.CH4O4S/c1-26(2)11-9-25(10-12-26)16-6-8-23-19(13-16)21-15-17(27)14-20(24-21)18-5-3-4-7-22-18;1-5-6(2,3)4/h3-8,13-15H,9-12H2,1-2H3;1H3,(H,2,3,4)/p+1. The molecule has 0 bridgehead atoms. The molecule has 0 aliphatic carbocycles. The van der Waals surface area contributed by atoms with Crippen molar-refractivity contribution in [2.24, 2.45) is 0 Å². The van der Waals surface area contributed by atoms with E-state index in [0.717, 1.165) is 54.8 Å². The van der Waals surface area contributed by atoms with Crippen molar-refractivity contribution in [1.82, 2.24) is 15.0 Å². The van der Waals surface area contributed by atoms with Crippen LogP contribution >= 0.6 is 0 Å². The van der Waals surface area contributed by atoms with E-state index in [1.54, 1.807) is 18.3 Å². The zero-order valence-electron chi connectivity index (χ0n) is 18.8. The Morgan fingerprint density at radius 3 is 2.18 bits per heavy atom. The van der Waals surface area contributed by atoms with Crippen molar-refractivity contribution in [1.29, 1.82) is 0 Å². The Morgan fingerprint density at radius 2 is 1.61 bits per heavy atom. The monoisotopic (exact) mass is 474 g/mol. The molecule has 11 heteroatoms. The number of quaternary nitrogens is 1. The third-order valence-corrected chi connectivity index (χ3v) is 5.75. The molecule has 10 nitrogen and oxygen atoms in total. The zero-order valence-corrected chi connectivity index (χ0v) is 19.6. The summed E-state index contributed by atoms with van der Waals surface area (Å²) in [4.78, 5) is 26.7. The van der Waals surface area contributed by atoms with Crippen LogP contribution in [-0.4, -0.2) is 79.8 Å². The first-order valence-corrected chi connectivity index (χ1v) is 11.6. The first kappa shape index (κ1) is 24.5. The Hall–Kier alpha value is -3.12. The number of nitrogens with zero attached hydrogens (tertiary/aromatic N) is 4. The van der Waals surface area contributed by atoms with Gasteiger partial charge in [-0.15, -0.1) is 0 Å². The molecule has 33 heavy (non-hydrogen) atoms. The summed E-state index contributed by atoms with van der Waals surface area (Å²) in [5, 5.41) is 0. The van der Waals surface area contributed by atoms with Gasteiger partial charge in [-0.05, 0) is 24.3 Å². The molecule has 1 fully saturated rings. The van der Waals surface area contributed by atoms with Gasteiger partial charge in [-0.2, -0.15) is 8.42 Å². The fourth-order valence-electron chi connectivity index (χ4n) is 3.37. The van der Waals surface area contributed by atoms with Crippen molar-refractivity contribution in [3.8, 4) is 22.8 Å². The Morgan fingerprint density at radius 1 is 1.00 bits per heavy atom. The van der Waals surface area contributed by atoms with Crippen molar-refractivity contribution in [2.45, 2.75) is 0 Å². The number of aromatic amines is 1. The molecule has 1 aliphatic heterocycles. The van der Waals surface area contributed by atoms with Crippen molar-refractivity contribution in [2.75, 3.05) is 52.3 Å². The highest BCUT2D eigenvalue weighted by Gasteiger charge is 2.24. The highest BCUT2D eigenvalue weighted by atomic mass is 32.3. The lowest BCUT2D eigenvalue weighted by atomic mass is 10.1. The molecule has 0 atom stereocenters. The molecule has 0 radical (unpaired) electrons. The van der Waals surface area contributed by atoms with Gasteiger partial charge in [0.1, 0.15) is 0 Å². The van der Waals surface area contributed by atoms with E-state index in [1.807, 2.05) is 30.5 Å². The zero-order chi connectivity index (χ0) is 24.1. The number of likely N-dealkylation sites (N-methyl/N-ethyl adjacent to an activating group) is 1. The summed E-state index contributed by atoms with van der Waals surface area (Å²) in [7, 11) is 1.24. The second kappa shape index (κ2) is 10.2. The number of hydrogen-bond donors (Lipinski definition) is 2. The number of nitrogens with one attached hydrogen (secondary N) is 1. The van der Waals surface area contributed by atoms with Gasteiger partial charge in [-0.25, -0.2) is 0 Å². The van der Waals surface area contributed by atoms with Crippen molar-refractivity contribution >= 4 is 16.1 Å². The largest absolute Gasteiger partial charge is 0.397 e. The lowest BCUT2D eigenvalue weighted by Crippen LogP contribution is -2.54. The topological polar surface area (TPSA) is 125 Å². The maximum absolute atomic E-state index is 12.2. The SMILES string of the molecule is COS(=O)(=O)O.C[N+]1(C)CCN(c2ccnc(-c3cc(=O)cc(-c4ccccn4)[nH]3)c2)CC1. The molecule has 1 aliphatic rings. The van der Waals surface area contributed by atoms with Gasteiger partial charge in [0.2, 0.25) is 0 Å². The lowest BCUT2D eigenvalue weighted by Gasteiger charge is -2.40. The van der Waals surface area contributed by atoms with E-state index in [1.165, 1.54) is 0 Å². The lowest BCUT2D eigenvalue weighted by molar-refractivity contribution is -0.890. The Bertz CT molecular complexity index is 1240. The molecule has 0 aromatic carbocycles. The third-order valence-electron chi connectivity index (χ3n) is 5.33. The van der Waals surface area contributed by atoms with E-state index in [2.05, 4.69) is 44.2 Å². The van der Waals surface area contributed by atoms with E-state index in [0.29, 0.717) is 11.4 Å². The second-order valence-corrected chi connectivity index (χ2v) is 9.41. The van der Waals surface area contributed by atoms with Crippen molar-refractivity contribution < 1.29 is 21.6 Å². The summed E-state index contributed by atoms with van der Waals surface area (Å²) in [5.41, 5.74) is 3.99. The number of rotatable bonds is 4. The van der Waals surface area contributed by atoms with E-state index in [9.17, 15) is 13.2 Å². The first-order valence-electron chi connectivity index (χ1n) is 10.3. The van der Waals surface area contributed by atoms with Crippen LogP contribution in [0, 0.1) is 0 Å². The van der Waals surface area contributed by atoms with E-state index >= 15 is 0 Å². The van der Waals surface area contributed by atoms with Crippen LogP contribution in [-0.2, 0) is 14.6 Å². The maximum Gasteiger partial charge on any atom is 0.397 e. The summed E-state index contributed by atoms with van der Waals surface area (Å²) in [6.45, 7) is 4.26. The average Bonchev–Trinajstić information content (AvgIpc) is 2.79. The molecule has 4 heterocycles. The highest BCUT2D eigenvalue weighted by molar-refractivity contribution is 7.80. The van der Waals surface area contributed by atoms with Gasteiger partial charge in [-0.1, -0.05) is 6.07 Å². The molecule has 3 aromatic heterocycles. The molecule has 176 valence electrons.